The van der Waals surface area contributed by atoms with E-state index in [4.69, 9.17) is 10.00 Å². The van der Waals surface area contributed by atoms with Crippen LogP contribution in [0.5, 0.6) is 0 Å². The van der Waals surface area contributed by atoms with Gasteiger partial charge < -0.3 is 4.74 Å². The van der Waals surface area contributed by atoms with E-state index in [-0.39, 0.29) is 5.04 Å². The maximum Gasteiger partial charge on any atom is 0.365 e. The van der Waals surface area contributed by atoms with Crippen molar-refractivity contribution >= 4 is 28.5 Å². The summed E-state index contributed by atoms with van der Waals surface area (Å²) >= 11 is 1.13. The number of carbonyl (C=O) groups is 1. The van der Waals surface area contributed by atoms with Crippen LogP contribution in [0, 0.1) is 11.3 Å². The molecule has 5 nitrogen and oxygen atoms in total. The minimum Gasteiger partial charge on any atom is -0.461 e. The van der Waals surface area contributed by atoms with E-state index >= 15 is 0 Å². The normalized spacial score (nSPS) is 16.1. The van der Waals surface area contributed by atoms with Crippen molar-refractivity contribution in [3.8, 4) is 6.07 Å². The third-order valence-corrected chi connectivity index (χ3v) is 3.18. The van der Waals surface area contributed by atoms with Gasteiger partial charge in [0.25, 0.3) is 0 Å². The minimum atomic E-state index is -0.477. The molecule has 0 aromatic heterocycles. The zero-order chi connectivity index (χ0) is 13.7. The molecule has 0 aliphatic carbocycles. The lowest BCUT2D eigenvalue weighted by Gasteiger charge is -2.13. The van der Waals surface area contributed by atoms with Crippen LogP contribution in [0.4, 0.5) is 5.69 Å². The highest BCUT2D eigenvalue weighted by atomic mass is 32.2. The third-order valence-electron chi connectivity index (χ3n) is 2.24. The SMILES string of the molecule is CCOC(=O)C1=NN(c2ccccc2)C(=CC#N)S1. The average Bonchev–Trinajstić information content (AvgIpc) is 2.85. The summed E-state index contributed by atoms with van der Waals surface area (Å²) in [4.78, 5) is 11.7. The molecule has 0 N–H and O–H groups in total. The van der Waals surface area contributed by atoms with Gasteiger partial charge in [0.2, 0.25) is 5.04 Å². The fourth-order valence-electron chi connectivity index (χ4n) is 1.48. The van der Waals surface area contributed by atoms with Crippen LogP contribution in [0.3, 0.4) is 0 Å². The minimum absolute atomic E-state index is 0.229. The largest absolute Gasteiger partial charge is 0.461 e. The molecule has 0 fully saturated rings. The van der Waals surface area contributed by atoms with E-state index in [1.54, 1.807) is 11.9 Å². The first-order chi connectivity index (χ1) is 9.26. The van der Waals surface area contributed by atoms with Crippen LogP contribution in [0.25, 0.3) is 0 Å². The second-order valence-corrected chi connectivity index (χ2v) is 4.50. The number of para-hydroxylation sites is 1. The summed E-state index contributed by atoms with van der Waals surface area (Å²) in [7, 11) is 0. The van der Waals surface area contributed by atoms with Gasteiger partial charge in [-0.05, 0) is 30.8 Å². The Balaban J connectivity index is 2.31. The van der Waals surface area contributed by atoms with Gasteiger partial charge in [0.1, 0.15) is 5.03 Å². The predicted molar refractivity (Wildman–Crippen MR) is 74.3 cm³/mol. The average molecular weight is 273 g/mol. The zero-order valence-electron chi connectivity index (χ0n) is 10.2. The molecular weight excluding hydrogens is 262 g/mol. The molecule has 0 unspecified atom stereocenters. The molecule has 19 heavy (non-hydrogen) atoms. The molecule has 1 aromatic carbocycles. The Labute approximate surface area is 115 Å². The highest BCUT2D eigenvalue weighted by molar-refractivity contribution is 8.19. The number of carbonyl (C=O) groups excluding carboxylic acids is 1. The molecule has 1 aliphatic rings. The lowest BCUT2D eigenvalue weighted by atomic mass is 10.3. The highest BCUT2D eigenvalue weighted by Crippen LogP contribution is 2.34. The fraction of sp³-hybridized carbons (Fsp3) is 0.154. The molecule has 0 atom stereocenters. The number of hydrogen-bond acceptors (Lipinski definition) is 6. The van der Waals surface area contributed by atoms with Crippen molar-refractivity contribution in [1.29, 1.82) is 5.26 Å². The maximum absolute atomic E-state index is 11.7. The van der Waals surface area contributed by atoms with E-state index in [1.165, 1.54) is 6.08 Å². The molecule has 96 valence electrons. The number of esters is 1. The number of nitrogens with zero attached hydrogens (tertiary/aromatic N) is 3. The Morgan fingerprint density at radius 2 is 2.26 bits per heavy atom. The lowest BCUT2D eigenvalue weighted by Crippen LogP contribution is -2.13. The predicted octanol–water partition coefficient (Wildman–Crippen LogP) is 2.48. The van der Waals surface area contributed by atoms with E-state index in [0.29, 0.717) is 11.6 Å². The van der Waals surface area contributed by atoms with Crippen molar-refractivity contribution in [1.82, 2.24) is 0 Å². The number of rotatable bonds is 3. The first kappa shape index (κ1) is 13.2. The zero-order valence-corrected chi connectivity index (χ0v) is 11.1. The Morgan fingerprint density at radius 3 is 2.89 bits per heavy atom. The van der Waals surface area contributed by atoms with Gasteiger partial charge in [0.05, 0.1) is 18.4 Å². The Bertz CT molecular complexity index is 575. The number of nitriles is 1. The van der Waals surface area contributed by atoms with Crippen LogP contribution in [0.15, 0.2) is 46.5 Å². The molecule has 0 saturated carbocycles. The van der Waals surface area contributed by atoms with Crippen LogP contribution in [-0.2, 0) is 9.53 Å². The number of ether oxygens (including phenoxy) is 1. The molecule has 1 heterocycles. The molecule has 1 aromatic rings. The van der Waals surface area contributed by atoms with Gasteiger partial charge in [-0.2, -0.15) is 10.4 Å². The van der Waals surface area contributed by atoms with Gasteiger partial charge in [0.15, 0.2) is 0 Å². The van der Waals surface area contributed by atoms with Gasteiger partial charge in [-0.15, -0.1) is 0 Å². The van der Waals surface area contributed by atoms with E-state index in [1.807, 2.05) is 36.4 Å². The number of hydrogen-bond donors (Lipinski definition) is 0. The first-order valence-electron chi connectivity index (χ1n) is 5.64. The molecule has 0 bridgehead atoms. The van der Waals surface area contributed by atoms with Crippen molar-refractivity contribution in [2.45, 2.75) is 6.92 Å². The van der Waals surface area contributed by atoms with Crippen molar-refractivity contribution < 1.29 is 9.53 Å². The molecule has 0 saturated heterocycles. The number of allylic oxidation sites excluding steroid dienone is 1. The smallest absolute Gasteiger partial charge is 0.365 e. The Morgan fingerprint density at radius 1 is 1.53 bits per heavy atom. The monoisotopic (exact) mass is 273 g/mol. The topological polar surface area (TPSA) is 65.7 Å². The molecule has 0 spiro atoms. The number of hydrazone groups is 1. The van der Waals surface area contributed by atoms with Gasteiger partial charge >= 0.3 is 5.97 Å². The van der Waals surface area contributed by atoms with Gasteiger partial charge in [-0.25, -0.2) is 9.80 Å². The molecular formula is C13H11N3O2S. The van der Waals surface area contributed by atoms with Crippen LogP contribution in [0.2, 0.25) is 0 Å². The maximum atomic E-state index is 11.7. The van der Waals surface area contributed by atoms with Crippen molar-refractivity contribution in [3.63, 3.8) is 0 Å². The molecule has 2 rings (SSSR count). The van der Waals surface area contributed by atoms with Crippen LogP contribution in [-0.4, -0.2) is 17.6 Å². The summed E-state index contributed by atoms with van der Waals surface area (Å²) in [6.07, 6.45) is 1.35. The molecule has 6 heteroatoms. The summed E-state index contributed by atoms with van der Waals surface area (Å²) in [6, 6.07) is 11.3. The van der Waals surface area contributed by atoms with Gasteiger partial charge in [-0.1, -0.05) is 18.2 Å². The van der Waals surface area contributed by atoms with Crippen molar-refractivity contribution in [2.24, 2.45) is 5.10 Å². The Hall–Kier alpha value is -2.26. The molecule has 0 amide bonds. The summed E-state index contributed by atoms with van der Waals surface area (Å²) < 4.78 is 4.91. The standard InChI is InChI=1S/C13H11N3O2S/c1-2-18-13(17)12-15-16(11(19-12)8-9-14)10-6-4-3-5-7-10/h3-8H,2H2,1H3. The Kier molecular flexibility index (Phi) is 4.21. The van der Waals surface area contributed by atoms with Gasteiger partial charge in [-0.3, -0.25) is 0 Å². The summed E-state index contributed by atoms with van der Waals surface area (Å²) in [5, 5.41) is 15.3. The van der Waals surface area contributed by atoms with E-state index < -0.39 is 5.97 Å². The third kappa shape index (κ3) is 2.95. The van der Waals surface area contributed by atoms with Crippen LogP contribution < -0.4 is 5.01 Å². The lowest BCUT2D eigenvalue weighted by molar-refractivity contribution is -0.134. The number of benzene rings is 1. The summed E-state index contributed by atoms with van der Waals surface area (Å²) in [5.41, 5.74) is 0.788. The van der Waals surface area contributed by atoms with E-state index in [2.05, 4.69) is 5.10 Å². The van der Waals surface area contributed by atoms with Gasteiger partial charge in [0, 0.05) is 6.08 Å². The van der Waals surface area contributed by atoms with Crippen molar-refractivity contribution in [3.05, 3.63) is 41.4 Å². The van der Waals surface area contributed by atoms with Crippen LogP contribution >= 0.6 is 11.8 Å². The highest BCUT2D eigenvalue weighted by Gasteiger charge is 2.28. The second-order valence-electron chi connectivity index (χ2n) is 3.49. The first-order valence-corrected chi connectivity index (χ1v) is 6.46. The van der Waals surface area contributed by atoms with Crippen LogP contribution in [0.1, 0.15) is 6.92 Å². The van der Waals surface area contributed by atoms with E-state index in [0.717, 1.165) is 17.4 Å². The molecule has 0 radical (unpaired) electrons. The van der Waals surface area contributed by atoms with E-state index in [9.17, 15) is 4.79 Å². The quantitative estimate of drug-likeness (QED) is 0.625. The summed E-state index contributed by atoms with van der Waals surface area (Å²) in [6.45, 7) is 2.03. The fourth-order valence-corrected chi connectivity index (χ4v) is 2.29. The second kappa shape index (κ2) is 6.07. The van der Waals surface area contributed by atoms with Crippen molar-refractivity contribution in [2.75, 3.05) is 11.6 Å². The molecule has 1 aliphatic heterocycles. The number of thioether (sulfide) groups is 1. The summed E-state index contributed by atoms with van der Waals surface area (Å²) in [5.74, 6) is -0.477. The number of anilines is 1.